The zero-order valence-corrected chi connectivity index (χ0v) is 13.2. The lowest BCUT2D eigenvalue weighted by Crippen LogP contribution is -2.37. The van der Waals surface area contributed by atoms with Crippen molar-refractivity contribution < 1.29 is 5.11 Å². The summed E-state index contributed by atoms with van der Waals surface area (Å²) in [6.07, 6.45) is 12.1. The third-order valence-electron chi connectivity index (χ3n) is 4.73. The SMILES string of the molecule is Oc1ccccc1NCCN1CCC(C2=CCCC=C2)CC1. The molecule has 2 aliphatic rings. The van der Waals surface area contributed by atoms with Gasteiger partial charge in [0, 0.05) is 13.1 Å². The lowest BCUT2D eigenvalue weighted by Gasteiger charge is -2.33. The fourth-order valence-electron chi connectivity index (χ4n) is 3.40. The van der Waals surface area contributed by atoms with E-state index in [1.165, 1.54) is 38.8 Å². The number of anilines is 1. The highest BCUT2D eigenvalue weighted by Crippen LogP contribution is 2.28. The Morgan fingerprint density at radius 3 is 2.68 bits per heavy atom. The van der Waals surface area contributed by atoms with E-state index in [0.717, 1.165) is 24.7 Å². The van der Waals surface area contributed by atoms with Crippen LogP contribution in [0.15, 0.2) is 48.1 Å². The molecule has 118 valence electrons. The first-order valence-corrected chi connectivity index (χ1v) is 8.44. The molecule has 1 saturated heterocycles. The number of piperidine rings is 1. The van der Waals surface area contributed by atoms with E-state index in [1.807, 2.05) is 18.2 Å². The van der Waals surface area contributed by atoms with Crippen molar-refractivity contribution >= 4 is 5.69 Å². The molecule has 0 amide bonds. The number of phenols is 1. The summed E-state index contributed by atoms with van der Waals surface area (Å²) >= 11 is 0. The number of para-hydroxylation sites is 2. The average Bonchev–Trinajstić information content (AvgIpc) is 2.58. The van der Waals surface area contributed by atoms with Gasteiger partial charge in [-0.2, -0.15) is 0 Å². The molecule has 0 unspecified atom stereocenters. The van der Waals surface area contributed by atoms with Crippen molar-refractivity contribution in [3.63, 3.8) is 0 Å². The average molecular weight is 298 g/mol. The number of benzene rings is 1. The molecule has 3 nitrogen and oxygen atoms in total. The second-order valence-electron chi connectivity index (χ2n) is 6.24. The van der Waals surface area contributed by atoms with Gasteiger partial charge in [-0.15, -0.1) is 0 Å². The molecule has 2 N–H and O–H groups in total. The molecule has 1 fully saturated rings. The van der Waals surface area contributed by atoms with Gasteiger partial charge >= 0.3 is 0 Å². The van der Waals surface area contributed by atoms with Crippen LogP contribution in [0.2, 0.25) is 0 Å². The Kier molecular flexibility index (Phi) is 5.17. The molecule has 1 aliphatic carbocycles. The van der Waals surface area contributed by atoms with Gasteiger partial charge < -0.3 is 15.3 Å². The Balaban J connectivity index is 1.40. The summed E-state index contributed by atoms with van der Waals surface area (Å²) in [7, 11) is 0. The fraction of sp³-hybridized carbons (Fsp3) is 0.474. The predicted molar refractivity (Wildman–Crippen MR) is 92.2 cm³/mol. The van der Waals surface area contributed by atoms with E-state index < -0.39 is 0 Å². The van der Waals surface area contributed by atoms with Crippen molar-refractivity contribution in [2.75, 3.05) is 31.5 Å². The number of nitrogens with one attached hydrogen (secondary N) is 1. The lowest BCUT2D eigenvalue weighted by atomic mass is 9.86. The lowest BCUT2D eigenvalue weighted by molar-refractivity contribution is 0.206. The molecule has 3 heteroatoms. The van der Waals surface area contributed by atoms with Gasteiger partial charge in [-0.3, -0.25) is 0 Å². The summed E-state index contributed by atoms with van der Waals surface area (Å²) in [5.41, 5.74) is 2.40. The summed E-state index contributed by atoms with van der Waals surface area (Å²) in [5.74, 6) is 1.09. The van der Waals surface area contributed by atoms with Crippen molar-refractivity contribution in [1.82, 2.24) is 4.90 Å². The Morgan fingerprint density at radius 2 is 1.95 bits per heavy atom. The van der Waals surface area contributed by atoms with Crippen LogP contribution >= 0.6 is 0 Å². The van der Waals surface area contributed by atoms with Gasteiger partial charge in [-0.05, 0) is 62.4 Å². The molecule has 0 aromatic heterocycles. The molecule has 3 rings (SSSR count). The Labute approximate surface area is 133 Å². The van der Waals surface area contributed by atoms with Crippen LogP contribution in [0.25, 0.3) is 0 Å². The Morgan fingerprint density at radius 1 is 1.14 bits per heavy atom. The molecule has 0 atom stereocenters. The first-order chi connectivity index (χ1) is 10.8. The van der Waals surface area contributed by atoms with Gasteiger partial charge in [-0.1, -0.05) is 30.4 Å². The van der Waals surface area contributed by atoms with Crippen LogP contribution < -0.4 is 5.32 Å². The van der Waals surface area contributed by atoms with Crippen molar-refractivity contribution in [3.05, 3.63) is 48.1 Å². The molecule has 0 bridgehead atoms. The largest absolute Gasteiger partial charge is 0.506 e. The fourth-order valence-corrected chi connectivity index (χ4v) is 3.40. The summed E-state index contributed by atoms with van der Waals surface area (Å²) < 4.78 is 0. The monoisotopic (exact) mass is 298 g/mol. The van der Waals surface area contributed by atoms with Gasteiger partial charge in [0.25, 0.3) is 0 Å². The zero-order valence-electron chi connectivity index (χ0n) is 13.2. The summed E-state index contributed by atoms with van der Waals surface area (Å²) in [5, 5.41) is 13.1. The third-order valence-corrected chi connectivity index (χ3v) is 4.73. The second-order valence-corrected chi connectivity index (χ2v) is 6.24. The van der Waals surface area contributed by atoms with Gasteiger partial charge in [0.2, 0.25) is 0 Å². The highest BCUT2D eigenvalue weighted by atomic mass is 16.3. The number of rotatable bonds is 5. The summed E-state index contributed by atoms with van der Waals surface area (Å²) in [6.45, 7) is 4.28. The van der Waals surface area contributed by atoms with E-state index in [4.69, 9.17) is 0 Å². The minimum atomic E-state index is 0.331. The predicted octanol–water partition coefficient (Wildman–Crippen LogP) is 3.79. The van der Waals surface area contributed by atoms with Gasteiger partial charge in [0.1, 0.15) is 5.75 Å². The smallest absolute Gasteiger partial charge is 0.138 e. The van der Waals surface area contributed by atoms with E-state index in [2.05, 4.69) is 28.4 Å². The van der Waals surface area contributed by atoms with Crippen LogP contribution in [0.1, 0.15) is 25.7 Å². The first kappa shape index (κ1) is 15.2. The van der Waals surface area contributed by atoms with E-state index in [9.17, 15) is 5.11 Å². The molecule has 22 heavy (non-hydrogen) atoms. The van der Waals surface area contributed by atoms with E-state index in [-0.39, 0.29) is 0 Å². The van der Waals surface area contributed by atoms with Crippen molar-refractivity contribution in [3.8, 4) is 5.75 Å². The number of hydrogen-bond donors (Lipinski definition) is 2. The Hall–Kier alpha value is -1.74. The molecule has 0 spiro atoms. The molecular formula is C19H26N2O. The van der Waals surface area contributed by atoms with Crippen LogP contribution in [-0.4, -0.2) is 36.2 Å². The molecule has 1 heterocycles. The standard InChI is InChI=1S/C19H26N2O/c22-19-9-5-4-8-18(19)20-12-15-21-13-10-17(11-14-21)16-6-2-1-3-7-16/h2,4-9,17,20,22H,1,3,10-15H2. The number of phenolic OH excluding ortho intramolecular Hbond substituents is 1. The molecule has 1 aromatic carbocycles. The van der Waals surface area contributed by atoms with Crippen LogP contribution in [0, 0.1) is 5.92 Å². The maximum atomic E-state index is 9.74. The van der Waals surface area contributed by atoms with Crippen LogP contribution in [0.3, 0.4) is 0 Å². The second kappa shape index (κ2) is 7.50. The molecular weight excluding hydrogens is 272 g/mol. The van der Waals surface area contributed by atoms with Gasteiger partial charge in [-0.25, -0.2) is 0 Å². The molecule has 0 saturated carbocycles. The highest BCUT2D eigenvalue weighted by molar-refractivity contribution is 5.55. The summed E-state index contributed by atoms with van der Waals surface area (Å²) in [6, 6.07) is 7.43. The molecule has 1 aromatic rings. The number of aromatic hydroxyl groups is 1. The van der Waals surface area contributed by atoms with Crippen molar-refractivity contribution in [1.29, 1.82) is 0 Å². The topological polar surface area (TPSA) is 35.5 Å². The van der Waals surface area contributed by atoms with Crippen molar-refractivity contribution in [2.45, 2.75) is 25.7 Å². The van der Waals surface area contributed by atoms with Crippen LogP contribution in [-0.2, 0) is 0 Å². The number of allylic oxidation sites excluding steroid dienone is 4. The number of hydrogen-bond acceptors (Lipinski definition) is 3. The van der Waals surface area contributed by atoms with Crippen LogP contribution in [0.5, 0.6) is 5.75 Å². The Bertz CT molecular complexity index is 542. The van der Waals surface area contributed by atoms with E-state index >= 15 is 0 Å². The van der Waals surface area contributed by atoms with Gasteiger partial charge in [0.05, 0.1) is 5.69 Å². The minimum Gasteiger partial charge on any atom is -0.506 e. The number of nitrogens with zero attached hydrogens (tertiary/aromatic N) is 1. The zero-order chi connectivity index (χ0) is 15.2. The maximum Gasteiger partial charge on any atom is 0.138 e. The van der Waals surface area contributed by atoms with Gasteiger partial charge in [0.15, 0.2) is 0 Å². The first-order valence-electron chi connectivity index (χ1n) is 8.44. The molecule has 0 radical (unpaired) electrons. The quantitative estimate of drug-likeness (QED) is 0.812. The minimum absolute atomic E-state index is 0.331. The van der Waals surface area contributed by atoms with E-state index in [1.54, 1.807) is 11.6 Å². The normalized spacial score (nSPS) is 19.9. The summed E-state index contributed by atoms with van der Waals surface area (Å²) in [4.78, 5) is 2.52. The highest BCUT2D eigenvalue weighted by Gasteiger charge is 2.21. The molecule has 1 aliphatic heterocycles. The van der Waals surface area contributed by atoms with E-state index in [0.29, 0.717) is 5.75 Å². The number of likely N-dealkylation sites (tertiary alicyclic amines) is 1. The third kappa shape index (κ3) is 3.92. The van der Waals surface area contributed by atoms with Crippen molar-refractivity contribution in [2.24, 2.45) is 5.92 Å². The maximum absolute atomic E-state index is 9.74. The van der Waals surface area contributed by atoms with Crippen LogP contribution in [0.4, 0.5) is 5.69 Å².